The van der Waals surface area contributed by atoms with Crippen LogP contribution in [0.25, 0.3) is 4.96 Å². The molecular weight excluding hydrogens is 266 g/mol. The van der Waals surface area contributed by atoms with Crippen molar-refractivity contribution in [3.63, 3.8) is 0 Å². The third kappa shape index (κ3) is 2.49. The number of thiazole rings is 1. The van der Waals surface area contributed by atoms with E-state index in [2.05, 4.69) is 64.4 Å². The molecule has 0 unspecified atom stereocenters. The van der Waals surface area contributed by atoms with Crippen LogP contribution in [0, 0.1) is 6.92 Å². The fourth-order valence-electron chi connectivity index (χ4n) is 2.54. The highest BCUT2D eigenvalue weighted by atomic mass is 32.1. The Bertz CT molecular complexity index is 711. The van der Waals surface area contributed by atoms with E-state index in [0.717, 1.165) is 30.2 Å². The van der Waals surface area contributed by atoms with Gasteiger partial charge in [0, 0.05) is 24.7 Å². The van der Waals surface area contributed by atoms with Crippen LogP contribution in [0.4, 0.5) is 0 Å². The van der Waals surface area contributed by atoms with Gasteiger partial charge in [0.15, 0.2) is 4.96 Å². The maximum Gasteiger partial charge on any atom is 0.194 e. The Kier molecular flexibility index (Phi) is 3.85. The average molecular weight is 285 g/mol. The van der Waals surface area contributed by atoms with E-state index in [1.54, 1.807) is 11.3 Å². The van der Waals surface area contributed by atoms with Gasteiger partial charge in [-0.2, -0.15) is 0 Å². The number of hydrogen-bond donors (Lipinski definition) is 1. The first-order valence-corrected chi connectivity index (χ1v) is 7.86. The number of benzene rings is 1. The highest BCUT2D eigenvalue weighted by Gasteiger charge is 2.09. The smallest absolute Gasteiger partial charge is 0.194 e. The van der Waals surface area contributed by atoms with Crippen molar-refractivity contribution in [2.45, 2.75) is 33.4 Å². The van der Waals surface area contributed by atoms with Gasteiger partial charge in [0.25, 0.3) is 0 Å². The number of hydrogen-bond acceptors (Lipinski definition) is 3. The van der Waals surface area contributed by atoms with Crippen molar-refractivity contribution in [3.05, 3.63) is 58.4 Å². The van der Waals surface area contributed by atoms with Gasteiger partial charge in [-0.15, -0.1) is 11.3 Å². The second kappa shape index (κ2) is 5.77. The molecule has 20 heavy (non-hydrogen) atoms. The number of aromatic nitrogens is 2. The summed E-state index contributed by atoms with van der Waals surface area (Å²) in [5.74, 6) is 0. The minimum Gasteiger partial charge on any atom is -0.307 e. The summed E-state index contributed by atoms with van der Waals surface area (Å²) in [6.07, 6.45) is 3.18. The molecule has 4 heteroatoms. The molecule has 0 aliphatic rings. The summed E-state index contributed by atoms with van der Waals surface area (Å²) in [4.78, 5) is 5.65. The molecule has 0 saturated carbocycles. The zero-order valence-corrected chi connectivity index (χ0v) is 12.7. The van der Waals surface area contributed by atoms with Crippen molar-refractivity contribution in [2.75, 3.05) is 0 Å². The van der Waals surface area contributed by atoms with Crippen LogP contribution in [0.15, 0.2) is 35.8 Å². The lowest BCUT2D eigenvalue weighted by atomic mass is 10.1. The Labute approximate surface area is 123 Å². The lowest BCUT2D eigenvalue weighted by Crippen LogP contribution is -2.15. The summed E-state index contributed by atoms with van der Waals surface area (Å²) in [6, 6.07) is 8.63. The standard InChI is InChI=1S/C16H19N3S/c1-3-13-6-4-5-7-14(13)10-17-11-15-12(2)18-16-19(15)8-9-20-16/h4-9,17H,3,10-11H2,1-2H3. The SMILES string of the molecule is CCc1ccccc1CNCc1c(C)nc2sccn12. The summed E-state index contributed by atoms with van der Waals surface area (Å²) in [7, 11) is 0. The van der Waals surface area contributed by atoms with Crippen molar-refractivity contribution < 1.29 is 0 Å². The minimum atomic E-state index is 0.849. The molecule has 0 aliphatic carbocycles. The number of nitrogens with zero attached hydrogens (tertiary/aromatic N) is 2. The fraction of sp³-hybridized carbons (Fsp3) is 0.312. The molecule has 0 bridgehead atoms. The molecule has 104 valence electrons. The summed E-state index contributed by atoms with van der Waals surface area (Å²) in [6.45, 7) is 6.04. The summed E-state index contributed by atoms with van der Waals surface area (Å²) >= 11 is 1.68. The van der Waals surface area contributed by atoms with Gasteiger partial charge < -0.3 is 5.32 Å². The topological polar surface area (TPSA) is 29.3 Å². The normalized spacial score (nSPS) is 11.3. The molecule has 0 amide bonds. The van der Waals surface area contributed by atoms with Crippen LogP contribution >= 0.6 is 11.3 Å². The van der Waals surface area contributed by atoms with E-state index in [4.69, 9.17) is 0 Å². The fourth-order valence-corrected chi connectivity index (χ4v) is 3.32. The number of rotatable bonds is 5. The van der Waals surface area contributed by atoms with E-state index >= 15 is 0 Å². The van der Waals surface area contributed by atoms with E-state index in [1.807, 2.05) is 0 Å². The molecule has 0 atom stereocenters. The zero-order chi connectivity index (χ0) is 13.9. The van der Waals surface area contributed by atoms with Crippen LogP contribution in [0.5, 0.6) is 0 Å². The van der Waals surface area contributed by atoms with Crippen LogP contribution in [-0.2, 0) is 19.5 Å². The minimum absolute atomic E-state index is 0.849. The molecule has 1 aromatic carbocycles. The summed E-state index contributed by atoms with van der Waals surface area (Å²) < 4.78 is 2.18. The van der Waals surface area contributed by atoms with E-state index in [0.29, 0.717) is 0 Å². The van der Waals surface area contributed by atoms with Crippen molar-refractivity contribution in [1.29, 1.82) is 0 Å². The Morgan fingerprint density at radius 2 is 2.00 bits per heavy atom. The van der Waals surface area contributed by atoms with Gasteiger partial charge in [-0.05, 0) is 24.5 Å². The van der Waals surface area contributed by atoms with Gasteiger partial charge >= 0.3 is 0 Å². The molecule has 0 fully saturated rings. The second-order valence-electron chi connectivity index (χ2n) is 4.93. The van der Waals surface area contributed by atoms with E-state index < -0.39 is 0 Å². The van der Waals surface area contributed by atoms with Crippen molar-refractivity contribution >= 4 is 16.3 Å². The average Bonchev–Trinajstić information content (AvgIpc) is 3.02. The molecule has 0 saturated heterocycles. The van der Waals surface area contributed by atoms with Gasteiger partial charge in [-0.1, -0.05) is 31.2 Å². The van der Waals surface area contributed by atoms with Gasteiger partial charge in [-0.3, -0.25) is 4.40 Å². The van der Waals surface area contributed by atoms with Crippen molar-refractivity contribution in [3.8, 4) is 0 Å². The van der Waals surface area contributed by atoms with Gasteiger partial charge in [-0.25, -0.2) is 4.98 Å². The highest BCUT2D eigenvalue weighted by molar-refractivity contribution is 7.15. The lowest BCUT2D eigenvalue weighted by Gasteiger charge is -2.09. The Morgan fingerprint density at radius 1 is 1.20 bits per heavy atom. The molecule has 2 heterocycles. The molecule has 3 aromatic rings. The Hall–Kier alpha value is -1.65. The number of aryl methyl sites for hydroxylation is 2. The monoisotopic (exact) mass is 285 g/mol. The largest absolute Gasteiger partial charge is 0.307 e. The van der Waals surface area contributed by atoms with E-state index in [-0.39, 0.29) is 0 Å². The van der Waals surface area contributed by atoms with Crippen LogP contribution in [-0.4, -0.2) is 9.38 Å². The third-order valence-corrected chi connectivity index (χ3v) is 4.43. The quantitative estimate of drug-likeness (QED) is 0.776. The number of nitrogens with one attached hydrogen (secondary N) is 1. The van der Waals surface area contributed by atoms with Gasteiger partial charge in [0.2, 0.25) is 0 Å². The van der Waals surface area contributed by atoms with E-state index in [9.17, 15) is 0 Å². The van der Waals surface area contributed by atoms with Gasteiger partial charge in [0.1, 0.15) is 0 Å². The van der Waals surface area contributed by atoms with Crippen molar-refractivity contribution in [1.82, 2.24) is 14.7 Å². The van der Waals surface area contributed by atoms with Crippen LogP contribution < -0.4 is 5.32 Å². The highest BCUT2D eigenvalue weighted by Crippen LogP contribution is 2.17. The first-order chi connectivity index (χ1) is 9.79. The van der Waals surface area contributed by atoms with Crippen LogP contribution in [0.2, 0.25) is 0 Å². The number of fused-ring (bicyclic) bond motifs is 1. The molecular formula is C16H19N3S. The summed E-state index contributed by atoms with van der Waals surface area (Å²) in [5, 5.41) is 5.63. The molecule has 2 aromatic heterocycles. The Balaban J connectivity index is 1.71. The number of imidazole rings is 1. The molecule has 3 nitrogen and oxygen atoms in total. The first kappa shape index (κ1) is 13.3. The predicted octanol–water partition coefficient (Wildman–Crippen LogP) is 3.56. The van der Waals surface area contributed by atoms with Crippen LogP contribution in [0.1, 0.15) is 29.4 Å². The Morgan fingerprint density at radius 3 is 2.80 bits per heavy atom. The predicted molar refractivity (Wildman–Crippen MR) is 84.2 cm³/mol. The first-order valence-electron chi connectivity index (χ1n) is 6.98. The summed E-state index contributed by atoms with van der Waals surface area (Å²) in [5.41, 5.74) is 5.19. The molecule has 3 rings (SSSR count). The van der Waals surface area contributed by atoms with Crippen molar-refractivity contribution in [2.24, 2.45) is 0 Å². The zero-order valence-electron chi connectivity index (χ0n) is 11.9. The molecule has 0 aliphatic heterocycles. The maximum absolute atomic E-state index is 4.57. The van der Waals surface area contributed by atoms with Crippen LogP contribution in [0.3, 0.4) is 0 Å². The van der Waals surface area contributed by atoms with E-state index in [1.165, 1.54) is 16.8 Å². The molecule has 0 spiro atoms. The molecule has 1 N–H and O–H groups in total. The van der Waals surface area contributed by atoms with Gasteiger partial charge in [0.05, 0.1) is 11.4 Å². The molecule has 0 radical (unpaired) electrons. The lowest BCUT2D eigenvalue weighted by molar-refractivity contribution is 0.668. The third-order valence-electron chi connectivity index (χ3n) is 3.67. The maximum atomic E-state index is 4.57. The second-order valence-corrected chi connectivity index (χ2v) is 5.80.